The molecule has 2 aromatic rings. The van der Waals surface area contributed by atoms with Crippen LogP contribution in [-0.4, -0.2) is 13.7 Å². The fraction of sp³-hybridized carbons (Fsp3) is 0.286. The molecule has 1 unspecified atom stereocenters. The molecule has 0 fully saturated rings. The Morgan fingerprint density at radius 3 is 2.78 bits per heavy atom. The molecule has 0 aliphatic rings. The zero-order chi connectivity index (χ0) is 13.0. The van der Waals surface area contributed by atoms with Crippen molar-refractivity contribution in [2.24, 2.45) is 0 Å². The van der Waals surface area contributed by atoms with Crippen LogP contribution in [0, 0.1) is 5.82 Å². The van der Waals surface area contributed by atoms with Gasteiger partial charge in [0.1, 0.15) is 5.76 Å². The summed E-state index contributed by atoms with van der Waals surface area (Å²) < 4.78 is 24.6. The maximum absolute atomic E-state index is 14.2. The van der Waals surface area contributed by atoms with Crippen LogP contribution in [0.3, 0.4) is 0 Å². The fourth-order valence-corrected chi connectivity index (χ4v) is 1.93. The molecule has 1 aromatic heterocycles. The molecule has 0 spiro atoms. The number of benzene rings is 1. The molecule has 1 heterocycles. The highest BCUT2D eigenvalue weighted by Gasteiger charge is 2.21. The van der Waals surface area contributed by atoms with Gasteiger partial charge in [-0.1, -0.05) is 19.1 Å². The van der Waals surface area contributed by atoms with E-state index in [4.69, 9.17) is 9.15 Å². The van der Waals surface area contributed by atoms with E-state index >= 15 is 0 Å². The van der Waals surface area contributed by atoms with E-state index in [0.717, 1.165) is 0 Å². The molecule has 1 atom stereocenters. The summed E-state index contributed by atoms with van der Waals surface area (Å²) in [6, 6.07) is 8.41. The molecule has 0 bridgehead atoms. The van der Waals surface area contributed by atoms with Crippen molar-refractivity contribution in [3.8, 4) is 5.75 Å². The Morgan fingerprint density at radius 2 is 2.17 bits per heavy atom. The predicted octanol–water partition coefficient (Wildman–Crippen LogP) is 3.13. The molecule has 3 nitrogen and oxygen atoms in total. The van der Waals surface area contributed by atoms with Gasteiger partial charge in [-0.05, 0) is 24.7 Å². The summed E-state index contributed by atoms with van der Waals surface area (Å²) in [5.41, 5.74) is 0.520. The molecule has 0 amide bonds. The number of halogens is 1. The lowest BCUT2D eigenvalue weighted by Gasteiger charge is -2.17. The molecule has 0 radical (unpaired) electrons. The maximum atomic E-state index is 14.2. The van der Waals surface area contributed by atoms with Gasteiger partial charge >= 0.3 is 0 Å². The Hall–Kier alpha value is -1.81. The van der Waals surface area contributed by atoms with E-state index in [9.17, 15) is 4.39 Å². The van der Waals surface area contributed by atoms with Crippen LogP contribution in [0.15, 0.2) is 41.0 Å². The van der Waals surface area contributed by atoms with Crippen LogP contribution in [-0.2, 0) is 0 Å². The molecule has 0 aliphatic heterocycles. The van der Waals surface area contributed by atoms with E-state index in [1.807, 2.05) is 13.0 Å². The summed E-state index contributed by atoms with van der Waals surface area (Å²) in [7, 11) is 1.46. The lowest BCUT2D eigenvalue weighted by atomic mass is 10.0. The van der Waals surface area contributed by atoms with Crippen molar-refractivity contribution in [2.75, 3.05) is 13.7 Å². The second kappa shape index (κ2) is 5.69. The first-order chi connectivity index (χ1) is 8.77. The minimum atomic E-state index is -0.359. The van der Waals surface area contributed by atoms with Gasteiger partial charge in [0.25, 0.3) is 0 Å². The minimum Gasteiger partial charge on any atom is -0.494 e. The Balaban J connectivity index is 2.43. The molecular weight excluding hydrogens is 233 g/mol. The smallest absolute Gasteiger partial charge is 0.170 e. The third-order valence-corrected chi connectivity index (χ3v) is 2.76. The van der Waals surface area contributed by atoms with Crippen LogP contribution in [0.2, 0.25) is 0 Å². The Kier molecular flexibility index (Phi) is 3.99. The molecule has 1 aromatic carbocycles. The van der Waals surface area contributed by atoms with Gasteiger partial charge < -0.3 is 14.5 Å². The monoisotopic (exact) mass is 249 g/mol. The number of hydrogen-bond acceptors (Lipinski definition) is 3. The van der Waals surface area contributed by atoms with Crippen LogP contribution in [0.5, 0.6) is 5.75 Å². The van der Waals surface area contributed by atoms with Crippen molar-refractivity contribution in [3.63, 3.8) is 0 Å². The molecule has 0 aliphatic carbocycles. The third-order valence-electron chi connectivity index (χ3n) is 2.76. The number of ether oxygens (including phenoxy) is 1. The molecule has 96 valence electrons. The van der Waals surface area contributed by atoms with Crippen molar-refractivity contribution in [1.82, 2.24) is 5.32 Å². The fourth-order valence-electron chi connectivity index (χ4n) is 1.93. The Morgan fingerprint density at radius 1 is 1.33 bits per heavy atom. The predicted molar refractivity (Wildman–Crippen MR) is 67.2 cm³/mol. The van der Waals surface area contributed by atoms with Crippen molar-refractivity contribution in [3.05, 3.63) is 53.7 Å². The first kappa shape index (κ1) is 12.6. The molecule has 18 heavy (non-hydrogen) atoms. The summed E-state index contributed by atoms with van der Waals surface area (Å²) in [6.45, 7) is 2.68. The second-order valence-corrected chi connectivity index (χ2v) is 3.87. The van der Waals surface area contributed by atoms with E-state index in [-0.39, 0.29) is 17.6 Å². The Bertz CT molecular complexity index is 497. The van der Waals surface area contributed by atoms with Crippen molar-refractivity contribution in [1.29, 1.82) is 0 Å². The normalized spacial score (nSPS) is 12.4. The van der Waals surface area contributed by atoms with Gasteiger partial charge in [-0.15, -0.1) is 0 Å². The lowest BCUT2D eigenvalue weighted by molar-refractivity contribution is 0.377. The molecule has 1 N–H and O–H groups in total. The van der Waals surface area contributed by atoms with Gasteiger partial charge in [0.05, 0.1) is 19.4 Å². The van der Waals surface area contributed by atoms with E-state index in [1.54, 1.807) is 30.5 Å². The number of furan rings is 1. The van der Waals surface area contributed by atoms with Gasteiger partial charge in [0.2, 0.25) is 0 Å². The number of hydrogen-bond donors (Lipinski definition) is 1. The first-order valence-corrected chi connectivity index (χ1v) is 5.87. The van der Waals surface area contributed by atoms with E-state index in [1.165, 1.54) is 7.11 Å². The molecule has 0 saturated carbocycles. The number of methoxy groups -OCH3 is 1. The average Bonchev–Trinajstić information content (AvgIpc) is 2.90. The minimum absolute atomic E-state index is 0.238. The summed E-state index contributed by atoms with van der Waals surface area (Å²) in [6.07, 6.45) is 1.58. The first-order valence-electron chi connectivity index (χ1n) is 5.87. The van der Waals surface area contributed by atoms with Crippen molar-refractivity contribution >= 4 is 0 Å². The quantitative estimate of drug-likeness (QED) is 0.884. The highest BCUT2D eigenvalue weighted by molar-refractivity contribution is 5.36. The van der Waals surface area contributed by atoms with Gasteiger partial charge in [-0.25, -0.2) is 4.39 Å². The molecular formula is C14H16FNO2. The third kappa shape index (κ3) is 2.38. The summed E-state index contributed by atoms with van der Waals surface area (Å²) in [5.74, 6) is 0.563. The van der Waals surface area contributed by atoms with Crippen LogP contribution in [0.25, 0.3) is 0 Å². The summed E-state index contributed by atoms with van der Waals surface area (Å²) >= 11 is 0. The van der Waals surface area contributed by atoms with Gasteiger partial charge in [0, 0.05) is 5.56 Å². The van der Waals surface area contributed by atoms with Crippen LogP contribution in [0.1, 0.15) is 24.3 Å². The zero-order valence-corrected chi connectivity index (χ0v) is 10.4. The lowest BCUT2D eigenvalue weighted by Crippen LogP contribution is -2.22. The maximum Gasteiger partial charge on any atom is 0.170 e. The topological polar surface area (TPSA) is 34.4 Å². The van der Waals surface area contributed by atoms with Crippen LogP contribution in [0.4, 0.5) is 4.39 Å². The summed E-state index contributed by atoms with van der Waals surface area (Å²) in [4.78, 5) is 0. The second-order valence-electron chi connectivity index (χ2n) is 3.87. The SMILES string of the molecule is CCNC(c1ccco1)c1cccc(OC)c1F. The van der Waals surface area contributed by atoms with E-state index < -0.39 is 0 Å². The standard InChI is InChI=1S/C14H16FNO2/c1-3-16-14(12-8-5-9-18-12)10-6-4-7-11(17-2)13(10)15/h4-9,14,16H,3H2,1-2H3. The molecule has 4 heteroatoms. The van der Waals surface area contributed by atoms with Crippen molar-refractivity contribution < 1.29 is 13.5 Å². The van der Waals surface area contributed by atoms with Crippen molar-refractivity contribution in [2.45, 2.75) is 13.0 Å². The molecule has 0 saturated heterocycles. The highest BCUT2D eigenvalue weighted by Crippen LogP contribution is 2.29. The van der Waals surface area contributed by atoms with Gasteiger partial charge in [-0.2, -0.15) is 0 Å². The van der Waals surface area contributed by atoms with Crippen LogP contribution < -0.4 is 10.1 Å². The number of nitrogens with one attached hydrogen (secondary N) is 1. The van der Waals surface area contributed by atoms with E-state index in [2.05, 4.69) is 5.32 Å². The van der Waals surface area contributed by atoms with E-state index in [0.29, 0.717) is 17.9 Å². The highest BCUT2D eigenvalue weighted by atomic mass is 19.1. The average molecular weight is 249 g/mol. The number of rotatable bonds is 5. The van der Waals surface area contributed by atoms with Gasteiger partial charge in [-0.3, -0.25) is 0 Å². The summed E-state index contributed by atoms with van der Waals surface area (Å²) in [5, 5.41) is 3.20. The largest absolute Gasteiger partial charge is 0.494 e. The van der Waals surface area contributed by atoms with Crippen LogP contribution >= 0.6 is 0 Å². The Labute approximate surface area is 106 Å². The van der Waals surface area contributed by atoms with Gasteiger partial charge in [0.15, 0.2) is 11.6 Å². The zero-order valence-electron chi connectivity index (χ0n) is 10.4. The molecule has 2 rings (SSSR count).